The summed E-state index contributed by atoms with van der Waals surface area (Å²) < 4.78 is 2.58. The van der Waals surface area contributed by atoms with E-state index in [-0.39, 0.29) is 0 Å². The van der Waals surface area contributed by atoms with Gasteiger partial charge in [-0.25, -0.2) is 4.68 Å². The number of hydrogen-bond donors (Lipinski definition) is 1. The lowest BCUT2D eigenvalue weighted by Gasteiger charge is -2.08. The predicted octanol–water partition coefficient (Wildman–Crippen LogP) is 3.46. The zero-order valence-corrected chi connectivity index (χ0v) is 12.8. The molecule has 0 amide bonds. The summed E-state index contributed by atoms with van der Waals surface area (Å²) in [5.74, 6) is 6.83. The zero-order valence-electron chi connectivity index (χ0n) is 10.4. The summed E-state index contributed by atoms with van der Waals surface area (Å²) in [5.41, 5.74) is 0.968. The summed E-state index contributed by atoms with van der Waals surface area (Å²) in [6.07, 6.45) is 5.13. The van der Waals surface area contributed by atoms with Crippen LogP contribution in [0.15, 0.2) is 33.9 Å². The number of nitrogen functional groups attached to an aromatic ring is 1. The van der Waals surface area contributed by atoms with Crippen molar-refractivity contribution in [2.24, 2.45) is 0 Å². The van der Waals surface area contributed by atoms with Crippen LogP contribution in [0.5, 0.6) is 0 Å². The number of thioether (sulfide) groups is 1. The monoisotopic (exact) mass is 338 g/mol. The van der Waals surface area contributed by atoms with Gasteiger partial charge in [0.2, 0.25) is 5.16 Å². The molecule has 1 aromatic carbocycles. The van der Waals surface area contributed by atoms with Gasteiger partial charge in [0, 0.05) is 15.3 Å². The molecule has 6 heteroatoms. The van der Waals surface area contributed by atoms with E-state index in [1.54, 1.807) is 16.4 Å². The lowest BCUT2D eigenvalue weighted by Crippen LogP contribution is -2.13. The van der Waals surface area contributed by atoms with Gasteiger partial charge in [-0.2, -0.15) is 0 Å². The number of nitrogens with two attached hydrogens (primary N) is 1. The Morgan fingerprint density at radius 1 is 1.21 bits per heavy atom. The number of halogens is 1. The molecule has 1 aliphatic carbocycles. The van der Waals surface area contributed by atoms with Crippen LogP contribution in [-0.2, 0) is 0 Å². The Balaban J connectivity index is 1.88. The molecule has 19 heavy (non-hydrogen) atoms. The molecule has 1 aliphatic rings. The Morgan fingerprint density at radius 3 is 2.68 bits per heavy atom. The highest BCUT2D eigenvalue weighted by Gasteiger charge is 2.21. The fourth-order valence-corrected chi connectivity index (χ4v) is 3.96. The molecule has 1 heterocycles. The summed E-state index contributed by atoms with van der Waals surface area (Å²) in [6.45, 7) is 0. The third-order valence-corrected chi connectivity index (χ3v) is 5.34. The summed E-state index contributed by atoms with van der Waals surface area (Å²) >= 11 is 5.27. The van der Waals surface area contributed by atoms with E-state index in [1.807, 2.05) is 24.3 Å². The van der Waals surface area contributed by atoms with Crippen LogP contribution in [0.3, 0.4) is 0 Å². The summed E-state index contributed by atoms with van der Waals surface area (Å²) in [4.78, 5) is 0. The van der Waals surface area contributed by atoms with Crippen LogP contribution in [0, 0.1) is 0 Å². The summed E-state index contributed by atoms with van der Waals surface area (Å²) in [5, 5.41) is 9.89. The van der Waals surface area contributed by atoms with Gasteiger partial charge in [0.15, 0.2) is 5.82 Å². The van der Waals surface area contributed by atoms with Crippen LogP contribution in [0.25, 0.3) is 11.4 Å². The van der Waals surface area contributed by atoms with Crippen LogP contribution in [0.2, 0.25) is 0 Å². The molecule has 100 valence electrons. The minimum absolute atomic E-state index is 0.638. The molecule has 0 aliphatic heterocycles. The second-order valence-corrected chi connectivity index (χ2v) is 6.80. The number of benzene rings is 1. The smallest absolute Gasteiger partial charge is 0.210 e. The second-order valence-electron chi connectivity index (χ2n) is 4.68. The van der Waals surface area contributed by atoms with Gasteiger partial charge >= 0.3 is 0 Å². The molecule has 4 nitrogen and oxygen atoms in total. The lowest BCUT2D eigenvalue weighted by atomic mass is 10.2. The topological polar surface area (TPSA) is 56.7 Å². The highest BCUT2D eigenvalue weighted by Crippen LogP contribution is 2.35. The minimum atomic E-state index is 0.638. The molecule has 2 aromatic rings. The standard InChI is InChI=1S/C13H15BrN4S/c14-11-8-4-3-7-10(11)12-16-17-13(18(12)15)19-9-5-1-2-6-9/h3-4,7-9H,1-2,5-6,15H2. The predicted molar refractivity (Wildman–Crippen MR) is 81.4 cm³/mol. The average Bonchev–Trinajstić information content (AvgIpc) is 3.03. The van der Waals surface area contributed by atoms with Crippen molar-refractivity contribution in [1.82, 2.24) is 14.9 Å². The van der Waals surface area contributed by atoms with Crippen molar-refractivity contribution in [3.8, 4) is 11.4 Å². The molecule has 1 aromatic heterocycles. The molecule has 0 atom stereocenters. The van der Waals surface area contributed by atoms with Crippen LogP contribution >= 0.6 is 27.7 Å². The molecule has 3 rings (SSSR count). The second kappa shape index (κ2) is 5.54. The molecule has 1 saturated carbocycles. The third-order valence-electron chi connectivity index (χ3n) is 3.35. The largest absolute Gasteiger partial charge is 0.335 e. The average molecular weight is 339 g/mol. The summed E-state index contributed by atoms with van der Waals surface area (Å²) in [7, 11) is 0. The van der Waals surface area contributed by atoms with Gasteiger partial charge in [-0.05, 0) is 25.0 Å². The molecule has 0 saturated heterocycles. The van der Waals surface area contributed by atoms with E-state index in [0.717, 1.165) is 15.2 Å². The van der Waals surface area contributed by atoms with Gasteiger partial charge < -0.3 is 5.84 Å². The third kappa shape index (κ3) is 2.65. The highest BCUT2D eigenvalue weighted by molar-refractivity contribution is 9.10. The van der Waals surface area contributed by atoms with Crippen molar-refractivity contribution in [3.63, 3.8) is 0 Å². The first-order chi connectivity index (χ1) is 9.25. The van der Waals surface area contributed by atoms with Crippen molar-refractivity contribution in [3.05, 3.63) is 28.7 Å². The molecule has 1 fully saturated rings. The van der Waals surface area contributed by atoms with E-state index >= 15 is 0 Å². The highest BCUT2D eigenvalue weighted by atomic mass is 79.9. The van der Waals surface area contributed by atoms with Crippen molar-refractivity contribution in [1.29, 1.82) is 0 Å². The van der Waals surface area contributed by atoms with Crippen molar-refractivity contribution in [2.45, 2.75) is 36.1 Å². The van der Waals surface area contributed by atoms with Crippen LogP contribution in [0.1, 0.15) is 25.7 Å². The first-order valence-corrected chi connectivity index (χ1v) is 8.05. The van der Waals surface area contributed by atoms with E-state index < -0.39 is 0 Å². The van der Waals surface area contributed by atoms with Gasteiger partial charge in [-0.1, -0.05) is 52.7 Å². The van der Waals surface area contributed by atoms with Crippen molar-refractivity contribution in [2.75, 3.05) is 5.84 Å². The Hall–Kier alpha value is -1.01. The number of hydrogen-bond acceptors (Lipinski definition) is 4. The quantitative estimate of drug-likeness (QED) is 0.870. The van der Waals surface area contributed by atoms with E-state index in [2.05, 4.69) is 26.1 Å². The number of nitrogens with zero attached hydrogens (tertiary/aromatic N) is 3. The van der Waals surface area contributed by atoms with Gasteiger partial charge in [0.1, 0.15) is 0 Å². The van der Waals surface area contributed by atoms with Gasteiger partial charge in [-0.15, -0.1) is 10.2 Å². The first-order valence-electron chi connectivity index (χ1n) is 6.38. The first kappa shape index (κ1) is 13.0. The van der Waals surface area contributed by atoms with E-state index in [4.69, 9.17) is 5.84 Å². The maximum absolute atomic E-state index is 6.13. The van der Waals surface area contributed by atoms with Crippen LogP contribution < -0.4 is 5.84 Å². The molecular formula is C13H15BrN4S. The SMILES string of the molecule is Nn1c(SC2CCCC2)nnc1-c1ccccc1Br. The van der Waals surface area contributed by atoms with Gasteiger partial charge in [0.05, 0.1) is 0 Å². The lowest BCUT2D eigenvalue weighted by molar-refractivity contribution is 0.828. The number of aromatic nitrogens is 3. The Labute approximate surface area is 124 Å². The molecule has 2 N–H and O–H groups in total. The van der Waals surface area contributed by atoms with Gasteiger partial charge in [-0.3, -0.25) is 0 Å². The van der Waals surface area contributed by atoms with Crippen LogP contribution in [0.4, 0.5) is 0 Å². The maximum atomic E-state index is 6.13. The Bertz CT molecular complexity index is 578. The molecule has 0 bridgehead atoms. The number of rotatable bonds is 3. The van der Waals surface area contributed by atoms with Gasteiger partial charge in [0.25, 0.3) is 0 Å². The fourth-order valence-electron chi connectivity index (χ4n) is 2.34. The molecular weight excluding hydrogens is 324 g/mol. The Kier molecular flexibility index (Phi) is 3.79. The molecule has 0 radical (unpaired) electrons. The van der Waals surface area contributed by atoms with E-state index in [1.165, 1.54) is 25.7 Å². The maximum Gasteiger partial charge on any atom is 0.210 e. The summed E-state index contributed by atoms with van der Waals surface area (Å²) in [6, 6.07) is 7.91. The van der Waals surface area contributed by atoms with Crippen molar-refractivity contribution >= 4 is 27.7 Å². The zero-order chi connectivity index (χ0) is 13.2. The van der Waals surface area contributed by atoms with Crippen molar-refractivity contribution < 1.29 is 0 Å². The molecule has 0 unspecified atom stereocenters. The van der Waals surface area contributed by atoms with E-state index in [9.17, 15) is 0 Å². The van der Waals surface area contributed by atoms with E-state index in [0.29, 0.717) is 11.1 Å². The minimum Gasteiger partial charge on any atom is -0.335 e. The van der Waals surface area contributed by atoms with Crippen LogP contribution in [-0.4, -0.2) is 20.1 Å². The molecule has 0 spiro atoms. The normalized spacial score (nSPS) is 16.1. The fraction of sp³-hybridized carbons (Fsp3) is 0.385. The Morgan fingerprint density at radius 2 is 1.95 bits per heavy atom.